The molecular weight excluding hydrogens is 224 g/mol. The zero-order valence-corrected chi connectivity index (χ0v) is 8.94. The van der Waals surface area contributed by atoms with Gasteiger partial charge in [-0.2, -0.15) is 0 Å². The topological polar surface area (TPSA) is 43.4 Å². The van der Waals surface area contributed by atoms with Gasteiger partial charge in [0.2, 0.25) is 0 Å². The molecule has 2 rings (SSSR count). The van der Waals surface area contributed by atoms with Gasteiger partial charge in [-0.3, -0.25) is 0 Å². The van der Waals surface area contributed by atoms with E-state index in [9.17, 15) is 8.42 Å². The Kier molecular flexibility index (Phi) is 2.41. The Balaban J connectivity index is 2.62. The minimum atomic E-state index is -3.70. The Morgan fingerprint density at radius 3 is 2.86 bits per heavy atom. The fraction of sp³-hybridized carbons (Fsp3) is 0.333. The van der Waals surface area contributed by atoms with Crippen molar-refractivity contribution >= 4 is 19.7 Å². The maximum atomic E-state index is 11.2. The van der Waals surface area contributed by atoms with Gasteiger partial charge in [-0.05, 0) is 24.5 Å². The number of para-hydroxylation sites is 1. The zero-order chi connectivity index (χ0) is 10.2. The second-order valence-corrected chi connectivity index (χ2v) is 5.67. The summed E-state index contributed by atoms with van der Waals surface area (Å²) in [6, 6.07) is 5.01. The normalized spacial score (nSPS) is 15.8. The van der Waals surface area contributed by atoms with Crippen LogP contribution in [-0.4, -0.2) is 15.0 Å². The van der Waals surface area contributed by atoms with Gasteiger partial charge in [0.05, 0.1) is 6.61 Å². The van der Waals surface area contributed by atoms with Gasteiger partial charge in [-0.1, -0.05) is 12.1 Å². The molecule has 0 bridgehead atoms. The summed E-state index contributed by atoms with van der Waals surface area (Å²) in [5.74, 6) is 0.425. The van der Waals surface area contributed by atoms with Crippen molar-refractivity contribution in [2.45, 2.75) is 17.7 Å². The third-order valence-electron chi connectivity index (χ3n) is 2.16. The summed E-state index contributed by atoms with van der Waals surface area (Å²) in [5, 5.41) is 0. The number of rotatable bonds is 1. The molecule has 0 spiro atoms. The molecule has 0 fully saturated rings. The van der Waals surface area contributed by atoms with Gasteiger partial charge in [-0.25, -0.2) is 8.42 Å². The average Bonchev–Trinajstić information content (AvgIpc) is 2.15. The third kappa shape index (κ3) is 1.72. The molecule has 0 saturated carbocycles. The average molecular weight is 233 g/mol. The maximum absolute atomic E-state index is 11.2. The number of hydrogen-bond acceptors (Lipinski definition) is 3. The van der Waals surface area contributed by atoms with Gasteiger partial charge in [0, 0.05) is 10.7 Å². The highest BCUT2D eigenvalue weighted by Crippen LogP contribution is 2.33. The van der Waals surface area contributed by atoms with Gasteiger partial charge < -0.3 is 4.74 Å². The van der Waals surface area contributed by atoms with Crippen molar-refractivity contribution in [2.24, 2.45) is 0 Å². The summed E-state index contributed by atoms with van der Waals surface area (Å²) in [7, 11) is 1.59. The Labute approximate surface area is 87.1 Å². The molecule has 3 nitrogen and oxygen atoms in total. The largest absolute Gasteiger partial charge is 0.492 e. The maximum Gasteiger partial charge on any atom is 0.264 e. The summed E-state index contributed by atoms with van der Waals surface area (Å²) < 4.78 is 27.7. The SMILES string of the molecule is O=S(=O)(Cl)c1cccc2c1OCCC2. The lowest BCUT2D eigenvalue weighted by Crippen LogP contribution is -2.11. The second kappa shape index (κ2) is 3.44. The van der Waals surface area contributed by atoms with E-state index < -0.39 is 9.05 Å². The number of hydrogen-bond donors (Lipinski definition) is 0. The molecule has 1 heterocycles. The van der Waals surface area contributed by atoms with Crippen LogP contribution >= 0.6 is 10.7 Å². The quantitative estimate of drug-likeness (QED) is 0.695. The number of benzene rings is 1. The Hall–Kier alpha value is -0.740. The lowest BCUT2D eigenvalue weighted by molar-refractivity contribution is 0.280. The molecule has 0 unspecified atom stereocenters. The van der Waals surface area contributed by atoms with Crippen LogP contribution < -0.4 is 4.74 Å². The standard InChI is InChI=1S/C9H9ClO3S/c10-14(11,12)8-5-1-3-7-4-2-6-13-9(7)8/h1,3,5H,2,4,6H2. The molecular formula is C9H9ClO3S. The van der Waals surface area contributed by atoms with E-state index in [1.54, 1.807) is 6.07 Å². The van der Waals surface area contributed by atoms with Gasteiger partial charge in [0.15, 0.2) is 0 Å². The van der Waals surface area contributed by atoms with E-state index in [1.165, 1.54) is 6.07 Å². The fourth-order valence-electron chi connectivity index (χ4n) is 1.55. The molecule has 1 aromatic carbocycles. The number of fused-ring (bicyclic) bond motifs is 1. The Bertz CT molecular complexity index is 453. The van der Waals surface area contributed by atoms with Crippen LogP contribution in [0, 0.1) is 0 Å². The number of aryl methyl sites for hydroxylation is 1. The van der Waals surface area contributed by atoms with Crippen molar-refractivity contribution in [2.75, 3.05) is 6.61 Å². The smallest absolute Gasteiger partial charge is 0.264 e. The predicted molar refractivity (Wildman–Crippen MR) is 53.3 cm³/mol. The van der Waals surface area contributed by atoms with Crippen molar-refractivity contribution in [1.82, 2.24) is 0 Å². The monoisotopic (exact) mass is 232 g/mol. The van der Waals surface area contributed by atoms with Crippen LogP contribution in [0.2, 0.25) is 0 Å². The molecule has 0 radical (unpaired) electrons. The minimum absolute atomic E-state index is 0.0800. The van der Waals surface area contributed by atoms with E-state index in [2.05, 4.69) is 0 Å². The van der Waals surface area contributed by atoms with Crippen LogP contribution in [0.1, 0.15) is 12.0 Å². The van der Waals surface area contributed by atoms with E-state index in [0.29, 0.717) is 12.4 Å². The molecule has 1 aliphatic heterocycles. The van der Waals surface area contributed by atoms with Gasteiger partial charge in [0.1, 0.15) is 10.6 Å². The van der Waals surface area contributed by atoms with Crippen molar-refractivity contribution in [3.63, 3.8) is 0 Å². The van der Waals surface area contributed by atoms with Crippen LogP contribution in [0.15, 0.2) is 23.1 Å². The van der Waals surface area contributed by atoms with E-state index in [-0.39, 0.29) is 4.90 Å². The van der Waals surface area contributed by atoms with E-state index in [1.807, 2.05) is 6.07 Å². The highest BCUT2D eigenvalue weighted by atomic mass is 35.7. The molecule has 5 heteroatoms. The molecule has 0 atom stereocenters. The van der Waals surface area contributed by atoms with E-state index in [0.717, 1.165) is 18.4 Å². The van der Waals surface area contributed by atoms with Gasteiger partial charge in [0.25, 0.3) is 9.05 Å². The molecule has 14 heavy (non-hydrogen) atoms. The highest BCUT2D eigenvalue weighted by molar-refractivity contribution is 8.13. The van der Waals surface area contributed by atoms with Crippen molar-refractivity contribution in [3.8, 4) is 5.75 Å². The van der Waals surface area contributed by atoms with Gasteiger partial charge in [-0.15, -0.1) is 0 Å². The zero-order valence-electron chi connectivity index (χ0n) is 7.36. The summed E-state index contributed by atoms with van der Waals surface area (Å²) >= 11 is 0. The predicted octanol–water partition coefficient (Wildman–Crippen LogP) is 1.94. The third-order valence-corrected chi connectivity index (χ3v) is 3.51. The molecule has 0 saturated heterocycles. The first kappa shape index (κ1) is 9.80. The first-order valence-corrected chi connectivity index (χ1v) is 6.59. The van der Waals surface area contributed by atoms with Crippen LogP contribution in [0.4, 0.5) is 0 Å². The number of ether oxygens (including phenoxy) is 1. The molecule has 0 aliphatic carbocycles. The van der Waals surface area contributed by atoms with Crippen LogP contribution in [0.3, 0.4) is 0 Å². The molecule has 0 amide bonds. The summed E-state index contributed by atoms with van der Waals surface area (Å²) in [6.07, 6.45) is 1.76. The molecule has 1 aliphatic rings. The van der Waals surface area contributed by atoms with Crippen molar-refractivity contribution in [1.29, 1.82) is 0 Å². The van der Waals surface area contributed by atoms with Crippen molar-refractivity contribution < 1.29 is 13.2 Å². The molecule has 0 aromatic heterocycles. The van der Waals surface area contributed by atoms with Crippen LogP contribution in [0.5, 0.6) is 5.75 Å². The van der Waals surface area contributed by atoms with Crippen LogP contribution in [-0.2, 0) is 15.5 Å². The first-order chi connectivity index (χ1) is 6.59. The minimum Gasteiger partial charge on any atom is -0.492 e. The molecule has 0 N–H and O–H groups in total. The fourth-order valence-corrected chi connectivity index (χ4v) is 2.57. The first-order valence-electron chi connectivity index (χ1n) is 4.28. The summed E-state index contributed by atoms with van der Waals surface area (Å²) in [4.78, 5) is 0.0800. The lowest BCUT2D eigenvalue weighted by Gasteiger charge is -2.18. The summed E-state index contributed by atoms with van der Waals surface area (Å²) in [6.45, 7) is 0.552. The van der Waals surface area contributed by atoms with E-state index in [4.69, 9.17) is 15.4 Å². The van der Waals surface area contributed by atoms with Gasteiger partial charge >= 0.3 is 0 Å². The highest BCUT2D eigenvalue weighted by Gasteiger charge is 2.21. The van der Waals surface area contributed by atoms with Crippen molar-refractivity contribution in [3.05, 3.63) is 23.8 Å². The Morgan fingerprint density at radius 1 is 1.36 bits per heavy atom. The molecule has 1 aromatic rings. The second-order valence-electron chi connectivity index (χ2n) is 3.13. The van der Waals surface area contributed by atoms with E-state index >= 15 is 0 Å². The van der Waals surface area contributed by atoms with Crippen LogP contribution in [0.25, 0.3) is 0 Å². The number of halogens is 1. The lowest BCUT2D eigenvalue weighted by atomic mass is 10.1. The molecule has 76 valence electrons. The Morgan fingerprint density at radius 2 is 2.14 bits per heavy atom. The summed E-state index contributed by atoms with van der Waals surface area (Å²) in [5.41, 5.74) is 0.915.